The summed E-state index contributed by atoms with van der Waals surface area (Å²) in [5, 5.41) is 10.0. The number of anilines is 3. The lowest BCUT2D eigenvalue weighted by Crippen LogP contribution is -2.09. The molecular formula is C58H39N. The van der Waals surface area contributed by atoms with E-state index >= 15 is 0 Å². The van der Waals surface area contributed by atoms with E-state index in [2.05, 4.69) is 241 Å². The first-order chi connectivity index (χ1) is 29.3. The largest absolute Gasteiger partial charge is 0.311 e. The molecule has 0 aromatic heterocycles. The molecule has 59 heavy (non-hydrogen) atoms. The van der Waals surface area contributed by atoms with Crippen LogP contribution in [0.25, 0.3) is 87.6 Å². The highest BCUT2D eigenvalue weighted by Gasteiger charge is 2.22. The van der Waals surface area contributed by atoms with Crippen LogP contribution in [0.2, 0.25) is 0 Å². The van der Waals surface area contributed by atoms with Crippen molar-refractivity contribution in [2.75, 3.05) is 4.90 Å². The summed E-state index contributed by atoms with van der Waals surface area (Å²) in [6, 6.07) is 86.3. The van der Waals surface area contributed by atoms with Crippen LogP contribution in [0.4, 0.5) is 17.1 Å². The van der Waals surface area contributed by atoms with Crippen LogP contribution in [0.15, 0.2) is 237 Å². The summed E-state index contributed by atoms with van der Waals surface area (Å²) in [5.41, 5.74) is 13.0. The molecule has 0 aliphatic rings. The highest BCUT2D eigenvalue weighted by atomic mass is 15.1. The third kappa shape index (κ3) is 6.12. The van der Waals surface area contributed by atoms with Crippen molar-refractivity contribution >= 4 is 60.2 Å². The number of para-hydroxylation sites is 2. The van der Waals surface area contributed by atoms with Gasteiger partial charge in [-0.2, -0.15) is 0 Å². The molecule has 11 rings (SSSR count). The minimum absolute atomic E-state index is 1.11. The molecule has 1 heteroatoms. The van der Waals surface area contributed by atoms with Crippen LogP contribution in [0.5, 0.6) is 0 Å². The average Bonchev–Trinajstić information content (AvgIpc) is 3.32. The lowest BCUT2D eigenvalue weighted by atomic mass is 9.81. The predicted octanol–water partition coefficient (Wildman–Crippen LogP) is 16.4. The van der Waals surface area contributed by atoms with Crippen molar-refractivity contribution in [1.82, 2.24) is 0 Å². The Kier molecular flexibility index (Phi) is 8.56. The molecule has 11 aromatic rings. The molecule has 0 radical (unpaired) electrons. The van der Waals surface area contributed by atoms with Gasteiger partial charge in [0.05, 0.1) is 0 Å². The summed E-state index contributed by atoms with van der Waals surface area (Å²) in [7, 11) is 0. The average molecular weight is 750 g/mol. The Morgan fingerprint density at radius 2 is 0.712 bits per heavy atom. The molecule has 0 fully saturated rings. The Bertz CT molecular complexity index is 3240. The van der Waals surface area contributed by atoms with Gasteiger partial charge in [-0.05, 0) is 142 Å². The molecule has 1 nitrogen and oxygen atoms in total. The smallest absolute Gasteiger partial charge is 0.0462 e. The second kappa shape index (κ2) is 14.6. The summed E-state index contributed by atoms with van der Waals surface area (Å²) in [6.07, 6.45) is 0. The molecule has 11 aromatic carbocycles. The van der Waals surface area contributed by atoms with E-state index in [4.69, 9.17) is 0 Å². The number of benzene rings is 11. The SMILES string of the molecule is c1ccc(-c2cc(-c3ccccc3)c3c4ccc(-c5ccc6ccccc6c5)cc4c4ccccc4c3c2-c2ccc(N(c3ccccc3)c3ccccc3)cc2)cc1. The van der Waals surface area contributed by atoms with Crippen LogP contribution in [-0.4, -0.2) is 0 Å². The van der Waals surface area contributed by atoms with Crippen molar-refractivity contribution in [1.29, 1.82) is 0 Å². The monoisotopic (exact) mass is 749 g/mol. The summed E-state index contributed by atoms with van der Waals surface area (Å²) in [6.45, 7) is 0. The summed E-state index contributed by atoms with van der Waals surface area (Å²) in [5.74, 6) is 0. The zero-order valence-electron chi connectivity index (χ0n) is 32.5. The van der Waals surface area contributed by atoms with Gasteiger partial charge in [-0.3, -0.25) is 0 Å². The van der Waals surface area contributed by atoms with Gasteiger partial charge in [0.1, 0.15) is 0 Å². The van der Waals surface area contributed by atoms with Gasteiger partial charge in [0.15, 0.2) is 0 Å². The van der Waals surface area contributed by atoms with E-state index in [0.717, 1.165) is 17.1 Å². The first-order valence-corrected chi connectivity index (χ1v) is 20.3. The Labute approximate surface area is 344 Å². The zero-order valence-corrected chi connectivity index (χ0v) is 32.5. The zero-order chi connectivity index (χ0) is 39.1. The highest BCUT2D eigenvalue weighted by molar-refractivity contribution is 6.33. The van der Waals surface area contributed by atoms with Crippen LogP contribution < -0.4 is 4.90 Å². The maximum atomic E-state index is 2.45. The molecule has 0 bridgehead atoms. The van der Waals surface area contributed by atoms with Crippen LogP contribution >= 0.6 is 0 Å². The van der Waals surface area contributed by atoms with Gasteiger partial charge in [0.25, 0.3) is 0 Å². The van der Waals surface area contributed by atoms with E-state index in [1.165, 1.54) is 87.6 Å². The lowest BCUT2D eigenvalue weighted by molar-refractivity contribution is 1.28. The maximum Gasteiger partial charge on any atom is 0.0462 e. The van der Waals surface area contributed by atoms with Gasteiger partial charge < -0.3 is 4.90 Å². The molecule has 0 aliphatic heterocycles. The minimum atomic E-state index is 1.11. The van der Waals surface area contributed by atoms with Gasteiger partial charge >= 0.3 is 0 Å². The second-order valence-corrected chi connectivity index (χ2v) is 15.2. The first-order valence-electron chi connectivity index (χ1n) is 20.3. The van der Waals surface area contributed by atoms with Gasteiger partial charge in [0, 0.05) is 17.1 Å². The third-order valence-electron chi connectivity index (χ3n) is 11.8. The normalized spacial score (nSPS) is 11.4. The molecule has 0 saturated carbocycles. The number of hydrogen-bond donors (Lipinski definition) is 0. The van der Waals surface area contributed by atoms with Gasteiger partial charge in [0.2, 0.25) is 0 Å². The summed E-state index contributed by atoms with van der Waals surface area (Å²) < 4.78 is 0. The third-order valence-corrected chi connectivity index (χ3v) is 11.8. The molecule has 0 unspecified atom stereocenters. The molecular weight excluding hydrogens is 711 g/mol. The highest BCUT2D eigenvalue weighted by Crippen LogP contribution is 2.50. The molecule has 0 atom stereocenters. The molecule has 276 valence electrons. The Morgan fingerprint density at radius 1 is 0.237 bits per heavy atom. The fraction of sp³-hybridized carbons (Fsp3) is 0. The lowest BCUT2D eigenvalue weighted by Gasteiger charge is -2.26. The number of nitrogens with zero attached hydrogens (tertiary/aromatic N) is 1. The quantitative estimate of drug-likeness (QED) is 0.147. The van der Waals surface area contributed by atoms with E-state index in [-0.39, 0.29) is 0 Å². The first kappa shape index (κ1) is 34.5. The van der Waals surface area contributed by atoms with Crippen molar-refractivity contribution < 1.29 is 0 Å². The van der Waals surface area contributed by atoms with Gasteiger partial charge in [-0.15, -0.1) is 0 Å². The van der Waals surface area contributed by atoms with E-state index in [0.29, 0.717) is 0 Å². The van der Waals surface area contributed by atoms with Crippen molar-refractivity contribution in [2.24, 2.45) is 0 Å². The van der Waals surface area contributed by atoms with Crippen molar-refractivity contribution in [3.63, 3.8) is 0 Å². The van der Waals surface area contributed by atoms with E-state index in [9.17, 15) is 0 Å². The van der Waals surface area contributed by atoms with E-state index < -0.39 is 0 Å². The molecule has 0 spiro atoms. The minimum Gasteiger partial charge on any atom is -0.311 e. The molecule has 0 amide bonds. The fourth-order valence-corrected chi connectivity index (χ4v) is 9.07. The molecule has 0 N–H and O–H groups in total. The van der Waals surface area contributed by atoms with Crippen LogP contribution in [0.1, 0.15) is 0 Å². The van der Waals surface area contributed by atoms with E-state index in [1.807, 2.05) is 0 Å². The van der Waals surface area contributed by atoms with Crippen molar-refractivity contribution in [2.45, 2.75) is 0 Å². The standard InChI is InChI=1S/C58H39N/c1-5-18-41(19-6-1)53-39-54(42-20-7-2-8-21-42)57-52-36-33-46(45-30-29-40-17-13-14-22-44(40)37-45)38-55(52)50-27-15-16-28-51(50)58(57)56(53)43-31-34-49(35-32-43)59(47-23-9-3-10-24-47)48-25-11-4-12-26-48/h1-39H. The Morgan fingerprint density at radius 3 is 1.37 bits per heavy atom. The summed E-state index contributed by atoms with van der Waals surface area (Å²) >= 11 is 0. The van der Waals surface area contributed by atoms with Crippen LogP contribution in [-0.2, 0) is 0 Å². The number of rotatable bonds is 7. The van der Waals surface area contributed by atoms with Crippen LogP contribution in [0.3, 0.4) is 0 Å². The van der Waals surface area contributed by atoms with Crippen molar-refractivity contribution in [3.05, 3.63) is 237 Å². The number of hydrogen-bond acceptors (Lipinski definition) is 1. The predicted molar refractivity (Wildman–Crippen MR) is 253 cm³/mol. The topological polar surface area (TPSA) is 3.24 Å². The maximum absolute atomic E-state index is 2.45. The molecule has 0 heterocycles. The fourth-order valence-electron chi connectivity index (χ4n) is 9.07. The molecule has 0 aliphatic carbocycles. The van der Waals surface area contributed by atoms with Crippen LogP contribution in [0, 0.1) is 0 Å². The Balaban J connectivity index is 1.22. The van der Waals surface area contributed by atoms with Gasteiger partial charge in [-0.1, -0.05) is 182 Å². The molecule has 0 saturated heterocycles. The number of fused-ring (bicyclic) bond motifs is 7. The van der Waals surface area contributed by atoms with Gasteiger partial charge in [-0.25, -0.2) is 0 Å². The second-order valence-electron chi connectivity index (χ2n) is 15.2. The van der Waals surface area contributed by atoms with Crippen molar-refractivity contribution in [3.8, 4) is 44.5 Å². The summed E-state index contributed by atoms with van der Waals surface area (Å²) in [4.78, 5) is 2.33. The Hall–Kier alpha value is -7.74. The van der Waals surface area contributed by atoms with E-state index in [1.54, 1.807) is 0 Å².